The number of aromatic nitrogens is 2. The number of anilines is 1. The van der Waals surface area contributed by atoms with Gasteiger partial charge in [0.15, 0.2) is 0 Å². The topological polar surface area (TPSA) is 59.0 Å². The number of rotatable bonds is 3. The first-order valence-corrected chi connectivity index (χ1v) is 4.99. The molecule has 2 N–H and O–H groups in total. The number of nitrogens with zero attached hydrogens (tertiary/aromatic N) is 2. The fourth-order valence-electron chi connectivity index (χ4n) is 1.47. The largest absolute Gasteiger partial charge is 0.312 e. The van der Waals surface area contributed by atoms with E-state index >= 15 is 0 Å². The first kappa shape index (κ1) is 9.92. The van der Waals surface area contributed by atoms with Crippen LogP contribution in [0.25, 0.3) is 0 Å². The molecule has 1 aliphatic heterocycles. The molecule has 1 aliphatic rings. The van der Waals surface area contributed by atoms with Crippen LogP contribution < -0.4 is 10.6 Å². The van der Waals surface area contributed by atoms with E-state index in [-0.39, 0.29) is 5.91 Å². The predicted molar refractivity (Wildman–Crippen MR) is 57.6 cm³/mol. The third kappa shape index (κ3) is 2.07. The Hall–Kier alpha value is -1.62. The molecule has 0 unspecified atom stereocenters. The van der Waals surface area contributed by atoms with Crippen LogP contribution in [0.15, 0.2) is 24.4 Å². The van der Waals surface area contributed by atoms with Gasteiger partial charge in [-0.3, -0.25) is 4.79 Å². The van der Waals surface area contributed by atoms with Crippen LogP contribution in [0.2, 0.25) is 0 Å². The van der Waals surface area contributed by atoms with Crippen molar-refractivity contribution in [3.05, 3.63) is 24.4 Å². The van der Waals surface area contributed by atoms with Crippen LogP contribution in [0.4, 0.5) is 5.82 Å². The Morgan fingerprint density at radius 3 is 3.13 bits per heavy atom. The average molecular weight is 206 g/mol. The van der Waals surface area contributed by atoms with E-state index in [9.17, 15) is 4.79 Å². The Bertz CT molecular complexity index is 379. The van der Waals surface area contributed by atoms with Crippen LogP contribution in [0.3, 0.4) is 0 Å². The fourth-order valence-corrected chi connectivity index (χ4v) is 1.47. The Kier molecular flexibility index (Phi) is 2.82. The molecule has 0 spiro atoms. The zero-order valence-electron chi connectivity index (χ0n) is 8.60. The van der Waals surface area contributed by atoms with Gasteiger partial charge < -0.3 is 10.6 Å². The minimum atomic E-state index is -0.119. The Balaban J connectivity index is 2.07. The van der Waals surface area contributed by atoms with Crippen LogP contribution in [-0.2, 0) is 4.79 Å². The van der Waals surface area contributed by atoms with Crippen LogP contribution in [0.1, 0.15) is 13.0 Å². The highest BCUT2D eigenvalue weighted by Gasteiger charge is 2.21. The SMILES string of the molecule is C/C=C/C(=O)Nc1ccnn1C1CNC1. The van der Waals surface area contributed by atoms with E-state index in [1.165, 1.54) is 6.08 Å². The highest BCUT2D eigenvalue weighted by molar-refractivity contribution is 5.98. The number of hydrogen-bond donors (Lipinski definition) is 2. The second-order valence-electron chi connectivity index (χ2n) is 3.46. The molecule has 2 rings (SSSR count). The molecule has 1 aromatic heterocycles. The molecule has 5 heteroatoms. The standard InChI is InChI=1S/C10H14N4O/c1-2-3-10(15)13-9-4-5-12-14(9)8-6-11-7-8/h2-5,8,11H,6-7H2,1H3,(H,13,15)/b3-2+. The van der Waals surface area contributed by atoms with Crippen molar-refractivity contribution in [3.8, 4) is 0 Å². The first-order valence-electron chi connectivity index (χ1n) is 4.99. The highest BCUT2D eigenvalue weighted by atomic mass is 16.1. The van der Waals surface area contributed by atoms with Crippen LogP contribution >= 0.6 is 0 Å². The maximum Gasteiger partial charge on any atom is 0.249 e. The molecular formula is C10H14N4O. The van der Waals surface area contributed by atoms with Crippen molar-refractivity contribution in [1.82, 2.24) is 15.1 Å². The first-order chi connectivity index (χ1) is 7.31. The molecule has 0 aromatic carbocycles. The summed E-state index contributed by atoms with van der Waals surface area (Å²) in [7, 11) is 0. The molecule has 1 saturated heterocycles. The van der Waals surface area contributed by atoms with Gasteiger partial charge in [0.2, 0.25) is 5.91 Å². The fraction of sp³-hybridized carbons (Fsp3) is 0.400. The third-order valence-corrected chi connectivity index (χ3v) is 2.35. The Morgan fingerprint density at radius 1 is 1.73 bits per heavy atom. The summed E-state index contributed by atoms with van der Waals surface area (Å²) in [6.45, 7) is 3.63. The zero-order valence-corrected chi connectivity index (χ0v) is 8.60. The van der Waals surface area contributed by atoms with E-state index in [0.29, 0.717) is 6.04 Å². The van der Waals surface area contributed by atoms with Crippen LogP contribution in [0.5, 0.6) is 0 Å². The van der Waals surface area contributed by atoms with Gasteiger partial charge in [0.25, 0.3) is 0 Å². The second kappa shape index (κ2) is 4.27. The number of amides is 1. The van der Waals surface area contributed by atoms with Crippen molar-refractivity contribution in [3.63, 3.8) is 0 Å². The van der Waals surface area contributed by atoms with Crippen molar-refractivity contribution in [2.24, 2.45) is 0 Å². The molecule has 0 bridgehead atoms. The number of carbonyl (C=O) groups is 1. The molecule has 0 atom stereocenters. The molecule has 2 heterocycles. The monoisotopic (exact) mass is 206 g/mol. The summed E-state index contributed by atoms with van der Waals surface area (Å²) in [5.41, 5.74) is 0. The van der Waals surface area contributed by atoms with E-state index < -0.39 is 0 Å². The molecule has 1 fully saturated rings. The van der Waals surface area contributed by atoms with Gasteiger partial charge in [0.05, 0.1) is 12.2 Å². The van der Waals surface area contributed by atoms with Crippen molar-refractivity contribution in [2.45, 2.75) is 13.0 Å². The summed E-state index contributed by atoms with van der Waals surface area (Å²) < 4.78 is 1.85. The number of hydrogen-bond acceptors (Lipinski definition) is 3. The van der Waals surface area contributed by atoms with Crippen molar-refractivity contribution in [1.29, 1.82) is 0 Å². The van der Waals surface area contributed by atoms with E-state index in [0.717, 1.165) is 18.9 Å². The summed E-state index contributed by atoms with van der Waals surface area (Å²) in [5.74, 6) is 0.635. The Morgan fingerprint density at radius 2 is 2.53 bits per heavy atom. The van der Waals surface area contributed by atoms with Gasteiger partial charge in [-0.15, -0.1) is 0 Å². The quantitative estimate of drug-likeness (QED) is 0.710. The molecule has 1 aromatic rings. The van der Waals surface area contributed by atoms with Gasteiger partial charge in [-0.2, -0.15) is 5.10 Å². The summed E-state index contributed by atoms with van der Waals surface area (Å²) in [6, 6.07) is 2.17. The third-order valence-electron chi connectivity index (χ3n) is 2.35. The number of nitrogens with one attached hydrogen (secondary N) is 2. The molecule has 80 valence electrons. The molecule has 1 amide bonds. The summed E-state index contributed by atoms with van der Waals surface area (Å²) in [4.78, 5) is 11.3. The predicted octanol–water partition coefficient (Wildman–Crippen LogP) is 0.542. The number of carbonyl (C=O) groups excluding carboxylic acids is 1. The lowest BCUT2D eigenvalue weighted by atomic mass is 10.2. The zero-order chi connectivity index (χ0) is 10.7. The summed E-state index contributed by atoms with van der Waals surface area (Å²) in [6.07, 6.45) is 4.90. The van der Waals surface area contributed by atoms with Gasteiger partial charge >= 0.3 is 0 Å². The highest BCUT2D eigenvalue weighted by Crippen LogP contribution is 2.17. The lowest BCUT2D eigenvalue weighted by molar-refractivity contribution is -0.112. The van der Waals surface area contributed by atoms with Gasteiger partial charge in [-0.05, 0) is 13.0 Å². The minimum Gasteiger partial charge on any atom is -0.312 e. The molecule has 15 heavy (non-hydrogen) atoms. The molecular weight excluding hydrogens is 192 g/mol. The van der Waals surface area contributed by atoms with Crippen molar-refractivity contribution >= 4 is 11.7 Å². The van der Waals surface area contributed by atoms with Gasteiger partial charge in [0.1, 0.15) is 5.82 Å². The Labute approximate surface area is 88.2 Å². The lowest BCUT2D eigenvalue weighted by Crippen LogP contribution is -2.44. The molecule has 5 nitrogen and oxygen atoms in total. The lowest BCUT2D eigenvalue weighted by Gasteiger charge is -2.28. The van der Waals surface area contributed by atoms with Gasteiger partial charge in [-0.1, -0.05) is 6.08 Å². The van der Waals surface area contributed by atoms with E-state index in [2.05, 4.69) is 15.7 Å². The number of allylic oxidation sites excluding steroid dienone is 1. The van der Waals surface area contributed by atoms with Crippen molar-refractivity contribution in [2.75, 3.05) is 18.4 Å². The maximum atomic E-state index is 11.3. The van der Waals surface area contributed by atoms with Crippen LogP contribution in [-0.4, -0.2) is 28.8 Å². The summed E-state index contributed by atoms with van der Waals surface area (Å²) >= 11 is 0. The average Bonchev–Trinajstić information content (AvgIpc) is 2.51. The second-order valence-corrected chi connectivity index (χ2v) is 3.46. The van der Waals surface area contributed by atoms with Gasteiger partial charge in [-0.25, -0.2) is 4.68 Å². The molecule has 0 aliphatic carbocycles. The molecule has 0 saturated carbocycles. The van der Waals surface area contributed by atoms with Crippen molar-refractivity contribution < 1.29 is 4.79 Å². The minimum absolute atomic E-state index is 0.119. The summed E-state index contributed by atoms with van der Waals surface area (Å²) in [5, 5.41) is 10.1. The normalized spacial score (nSPS) is 16.6. The molecule has 0 radical (unpaired) electrons. The smallest absolute Gasteiger partial charge is 0.249 e. The van der Waals surface area contributed by atoms with Crippen LogP contribution in [0, 0.1) is 0 Å². The van der Waals surface area contributed by atoms with E-state index in [1.807, 2.05) is 11.6 Å². The van der Waals surface area contributed by atoms with Gasteiger partial charge in [0, 0.05) is 19.2 Å². The van der Waals surface area contributed by atoms with E-state index in [1.54, 1.807) is 18.3 Å². The van der Waals surface area contributed by atoms with E-state index in [4.69, 9.17) is 0 Å². The maximum absolute atomic E-state index is 11.3.